The average molecular weight is 1520 g/mol. The summed E-state index contributed by atoms with van der Waals surface area (Å²) >= 11 is 0. The number of H-pyrrole nitrogens is 2. The van der Waals surface area contributed by atoms with Crippen LogP contribution < -0.4 is 0 Å². The standard InChI is InChI=1S/C112H66N8/c1-9-65-13-5-21-81-93(65)77(17-1)97-69-41-33-57(49-85(69)101(81)97)25-29-61-37-45-73-89(53-61)109-113-105(73)118-110-91-55-63(31-27-59-35-43-71-87(51-59)103-83-23-7-15-67-11-3-19-79(95(67)83)99(71)103)39-47-75(91)107(115-110)120-112-92-56-64(32-28-60-36-44-72-88(52-60)104-84-24-8-16-68-12-4-20-80(96(68)84)100(72)104)40-48-76(92)108(116-112)119-111-90-54-62(38-46-74(90)106(114-111)117-109)30-26-58-34-42-70-86(50-58)102-82-22-6-14-66-10-2-18-78(94(66)82)98(70)102/h1-56,97-104H,(H2,113,114,115,116,117,118,119,120). The van der Waals surface area contributed by atoms with Crippen LogP contribution in [0, 0.1) is 0 Å². The monoisotopic (exact) mass is 1520 g/mol. The van der Waals surface area contributed by atoms with Crippen molar-refractivity contribution < 1.29 is 0 Å². The molecule has 120 heavy (non-hydrogen) atoms. The summed E-state index contributed by atoms with van der Waals surface area (Å²) in [4.78, 5) is 41.2. The SMILES string of the molecule is C(=Cc1ccc2c(c1)C1c3cccc4cccc(c34)C21)c1ccc2c(c1)-c1nc-2nc2[nH]c(nc3nc(nc4[nH]c(n1)c1ccc(C=Cc5ccc6c(c5)C5c7cccc8cccc(c78)C65)cc41)-c1ccc(C=Cc4ccc5c(c4)C4c6cccc7cccc(c67)C54)cc1-3)c1ccc(C=Cc3ccc4c(c3)C3c5cccc6cccc(c56)C43)cc21. The van der Waals surface area contributed by atoms with Crippen molar-refractivity contribution in [3.63, 3.8) is 0 Å². The van der Waals surface area contributed by atoms with Gasteiger partial charge in [0.1, 0.15) is 22.6 Å². The van der Waals surface area contributed by atoms with Crippen molar-refractivity contribution in [2.24, 2.45) is 0 Å². The lowest BCUT2D eigenvalue weighted by atomic mass is 9.66. The molecule has 2 N–H and O–H groups in total. The molecule has 19 aromatic rings. The third-order valence-corrected chi connectivity index (χ3v) is 28.8. The Bertz CT molecular complexity index is 7880. The van der Waals surface area contributed by atoms with Crippen LogP contribution >= 0.6 is 0 Å². The van der Waals surface area contributed by atoms with Crippen molar-refractivity contribution in [3.8, 4) is 45.6 Å². The Hall–Kier alpha value is -15.1. The second-order valence-corrected chi connectivity index (χ2v) is 34.7. The lowest BCUT2D eigenvalue weighted by Gasteiger charge is -2.36. The second-order valence-electron chi connectivity index (χ2n) is 34.7. The van der Waals surface area contributed by atoms with E-state index >= 15 is 0 Å². The van der Waals surface area contributed by atoms with Gasteiger partial charge in [-0.25, -0.2) is 29.9 Å². The molecule has 0 amide bonds. The van der Waals surface area contributed by atoms with Gasteiger partial charge in [-0.2, -0.15) is 0 Å². The topological polar surface area (TPSA) is 109 Å². The number of rotatable bonds is 8. The molecule has 10 aliphatic rings. The van der Waals surface area contributed by atoms with Gasteiger partial charge in [-0.3, -0.25) is 0 Å². The van der Waals surface area contributed by atoms with Crippen LogP contribution in [0.5, 0.6) is 0 Å². The van der Waals surface area contributed by atoms with Crippen LogP contribution in [0.15, 0.2) is 291 Å². The lowest BCUT2D eigenvalue weighted by Crippen LogP contribution is -2.22. The highest BCUT2D eigenvalue weighted by Gasteiger charge is 2.49. The minimum Gasteiger partial charge on any atom is -0.324 e. The van der Waals surface area contributed by atoms with E-state index in [4.69, 9.17) is 29.9 Å². The van der Waals surface area contributed by atoms with E-state index < -0.39 is 0 Å². The molecule has 0 fully saturated rings. The van der Waals surface area contributed by atoms with E-state index in [2.05, 4.69) is 350 Å². The highest BCUT2D eigenvalue weighted by Crippen LogP contribution is 2.66. The molecule has 8 bridgehead atoms. The summed E-state index contributed by atoms with van der Waals surface area (Å²) < 4.78 is 0. The number of nitrogens with one attached hydrogen (secondary N) is 2. The third-order valence-electron chi connectivity index (χ3n) is 28.8. The van der Waals surface area contributed by atoms with E-state index in [1.807, 2.05) is 0 Å². The molecular weight excluding hydrogens is 1460 g/mol. The van der Waals surface area contributed by atoms with Gasteiger partial charge in [-0.15, -0.1) is 0 Å². The van der Waals surface area contributed by atoms with Crippen molar-refractivity contribution in [3.05, 3.63) is 425 Å². The van der Waals surface area contributed by atoms with Crippen LogP contribution in [-0.4, -0.2) is 39.9 Å². The molecule has 8 aliphatic carbocycles. The van der Waals surface area contributed by atoms with E-state index in [0.717, 1.165) is 77.2 Å². The van der Waals surface area contributed by atoms with Gasteiger partial charge in [0.25, 0.3) is 0 Å². The molecule has 5 heterocycles. The number of hydrogen-bond acceptors (Lipinski definition) is 6. The lowest BCUT2D eigenvalue weighted by molar-refractivity contribution is 0.636. The van der Waals surface area contributed by atoms with E-state index in [1.165, 1.54) is 143 Å². The Morgan fingerprint density at radius 2 is 0.400 bits per heavy atom. The molecule has 29 rings (SSSR count). The summed E-state index contributed by atoms with van der Waals surface area (Å²) in [5.41, 5.74) is 37.8. The fourth-order valence-electron chi connectivity index (χ4n) is 23.5. The van der Waals surface area contributed by atoms with Crippen LogP contribution in [0.25, 0.3) is 181 Å². The van der Waals surface area contributed by atoms with Crippen molar-refractivity contribution in [1.29, 1.82) is 0 Å². The Labute approximate surface area is 688 Å². The predicted molar refractivity (Wildman–Crippen MR) is 488 cm³/mol. The van der Waals surface area contributed by atoms with Crippen molar-refractivity contribution in [2.45, 2.75) is 47.3 Å². The average Bonchev–Trinajstić information content (AvgIpc) is 1.55. The largest absolute Gasteiger partial charge is 0.324 e. The molecule has 8 unspecified atom stereocenters. The summed E-state index contributed by atoms with van der Waals surface area (Å²) in [5, 5.41) is 14.6. The minimum atomic E-state index is 0.368. The maximum Gasteiger partial charge on any atom is 0.164 e. The Morgan fingerprint density at radius 3 is 0.683 bits per heavy atom. The van der Waals surface area contributed by atoms with E-state index in [-0.39, 0.29) is 0 Å². The van der Waals surface area contributed by atoms with E-state index in [0.29, 0.717) is 93.2 Å². The predicted octanol–water partition coefficient (Wildman–Crippen LogP) is 26.5. The van der Waals surface area contributed by atoms with E-state index in [9.17, 15) is 0 Å². The molecule has 3 aromatic heterocycles. The molecule has 0 spiro atoms. The molecule has 8 heteroatoms. The minimum absolute atomic E-state index is 0.368. The fraction of sp³-hybridized carbons (Fsp3) is 0.0714. The summed E-state index contributed by atoms with van der Waals surface area (Å²) in [7, 11) is 0. The van der Waals surface area contributed by atoms with Crippen molar-refractivity contribution in [2.75, 3.05) is 0 Å². The maximum atomic E-state index is 5.64. The van der Waals surface area contributed by atoms with E-state index in [1.54, 1.807) is 0 Å². The van der Waals surface area contributed by atoms with Crippen LogP contribution in [0.3, 0.4) is 0 Å². The number of fused-ring (bicyclic) bond motifs is 44. The Balaban J connectivity index is 0.582. The van der Waals surface area contributed by atoms with Gasteiger partial charge in [-0.1, -0.05) is 291 Å². The summed E-state index contributed by atoms with van der Waals surface area (Å²) in [6.45, 7) is 0. The molecule has 554 valence electrons. The number of benzene rings is 16. The normalized spacial score (nSPS) is 19.2. The summed E-state index contributed by atoms with van der Waals surface area (Å²) in [6.07, 6.45) is 17.9. The molecule has 2 aliphatic heterocycles. The molecular formula is C112H66N8. The highest BCUT2D eigenvalue weighted by molar-refractivity contribution is 6.09. The second kappa shape index (κ2) is 23.4. The maximum absolute atomic E-state index is 5.64. The first-order chi connectivity index (χ1) is 59.4. The zero-order chi connectivity index (χ0) is 77.6. The van der Waals surface area contributed by atoms with Gasteiger partial charge in [-0.05, 0) is 225 Å². The molecule has 16 aromatic carbocycles. The van der Waals surface area contributed by atoms with Gasteiger partial charge in [0.2, 0.25) is 0 Å². The van der Waals surface area contributed by atoms with Crippen molar-refractivity contribution in [1.82, 2.24) is 39.9 Å². The zero-order valence-corrected chi connectivity index (χ0v) is 64.6. The van der Waals surface area contributed by atoms with Crippen molar-refractivity contribution >= 4 is 136 Å². The summed E-state index contributed by atoms with van der Waals surface area (Å²) in [5.74, 6) is 5.25. The number of aromatic nitrogens is 8. The molecule has 0 saturated carbocycles. The van der Waals surface area contributed by atoms with Gasteiger partial charge < -0.3 is 9.97 Å². The molecule has 8 atom stereocenters. The third kappa shape index (κ3) is 8.77. The number of aromatic amines is 2. The van der Waals surface area contributed by atoms with Gasteiger partial charge in [0.15, 0.2) is 23.3 Å². The first kappa shape index (κ1) is 64.1. The molecule has 0 saturated heterocycles. The molecule has 0 radical (unpaired) electrons. The van der Waals surface area contributed by atoms with Gasteiger partial charge >= 0.3 is 0 Å². The highest BCUT2D eigenvalue weighted by atomic mass is 15.1. The first-order valence-corrected chi connectivity index (χ1v) is 42.1. The summed E-state index contributed by atoms with van der Waals surface area (Å²) in [6, 6.07) is 109. The quantitative estimate of drug-likeness (QED) is 0.147. The van der Waals surface area contributed by atoms with Crippen LogP contribution in [-0.2, 0) is 0 Å². The number of hydrogen-bond donors (Lipinski definition) is 2. The molecule has 8 nitrogen and oxygen atoms in total. The Kier molecular flexibility index (Phi) is 12.5. The van der Waals surface area contributed by atoms with Crippen LogP contribution in [0.4, 0.5) is 0 Å². The zero-order valence-electron chi connectivity index (χ0n) is 64.6. The van der Waals surface area contributed by atoms with Gasteiger partial charge in [0, 0.05) is 91.1 Å². The Morgan fingerprint density at radius 1 is 0.175 bits per heavy atom. The number of nitrogens with zero attached hydrogens (tertiary/aromatic N) is 6. The van der Waals surface area contributed by atoms with Gasteiger partial charge in [0.05, 0.1) is 0 Å². The smallest absolute Gasteiger partial charge is 0.164 e. The van der Waals surface area contributed by atoms with Crippen LogP contribution in [0.2, 0.25) is 0 Å². The fourth-order valence-corrected chi connectivity index (χ4v) is 23.5. The van der Waals surface area contributed by atoms with Crippen LogP contribution in [0.1, 0.15) is 181 Å². The first-order valence-electron chi connectivity index (χ1n) is 42.1.